The van der Waals surface area contributed by atoms with Gasteiger partial charge in [-0.15, -0.1) is 0 Å². The minimum absolute atomic E-state index is 0.149. The summed E-state index contributed by atoms with van der Waals surface area (Å²) in [6.45, 7) is 0.636. The molecule has 23 heavy (non-hydrogen) atoms. The van der Waals surface area contributed by atoms with Gasteiger partial charge in [0.25, 0.3) is 0 Å². The summed E-state index contributed by atoms with van der Waals surface area (Å²) in [5.74, 6) is 1.26. The van der Waals surface area contributed by atoms with Crippen LogP contribution in [0.4, 0.5) is 5.69 Å². The predicted molar refractivity (Wildman–Crippen MR) is 93.0 cm³/mol. The molecule has 1 saturated carbocycles. The standard InChI is InChI=1S/C18H27N3O2/c1-22-15-7-5-14(6-8-15)21-17(19)20-13-16-9-12-18(23-16)10-3-2-4-11-18/h5-8,16H,2-4,9-13H2,1H3,(H3,19,20,21). The molecule has 1 aliphatic heterocycles. The Labute approximate surface area is 138 Å². The molecule has 1 aliphatic carbocycles. The molecule has 2 fully saturated rings. The SMILES string of the molecule is COc1ccc(NC(N)=NCC2CCC3(CCCCC3)O2)cc1. The van der Waals surface area contributed by atoms with Gasteiger partial charge in [0, 0.05) is 5.69 Å². The predicted octanol–water partition coefficient (Wildman–Crippen LogP) is 3.30. The maximum absolute atomic E-state index is 6.31. The largest absolute Gasteiger partial charge is 0.497 e. The van der Waals surface area contributed by atoms with Gasteiger partial charge in [-0.1, -0.05) is 19.3 Å². The molecule has 126 valence electrons. The second kappa shape index (κ2) is 7.21. The molecule has 5 heteroatoms. The van der Waals surface area contributed by atoms with Crippen molar-refractivity contribution in [3.63, 3.8) is 0 Å². The molecule has 1 aromatic rings. The van der Waals surface area contributed by atoms with E-state index in [9.17, 15) is 0 Å². The average Bonchev–Trinajstić information content (AvgIpc) is 2.97. The average molecular weight is 317 g/mol. The summed E-state index contributed by atoms with van der Waals surface area (Å²) in [5.41, 5.74) is 7.03. The number of ether oxygens (including phenoxy) is 2. The molecule has 1 aromatic carbocycles. The molecule has 1 unspecified atom stereocenters. The van der Waals surface area contributed by atoms with E-state index in [1.54, 1.807) is 7.11 Å². The molecule has 1 spiro atoms. The fourth-order valence-corrected chi connectivity index (χ4v) is 3.65. The highest BCUT2D eigenvalue weighted by Gasteiger charge is 2.40. The van der Waals surface area contributed by atoms with Gasteiger partial charge in [-0.05, 0) is 49.9 Å². The zero-order valence-electron chi connectivity index (χ0n) is 13.9. The number of hydrogen-bond donors (Lipinski definition) is 2. The maximum atomic E-state index is 6.31. The third kappa shape index (κ3) is 4.16. The normalized spacial score (nSPS) is 23.9. The molecular formula is C18H27N3O2. The summed E-state index contributed by atoms with van der Waals surface area (Å²) < 4.78 is 11.5. The van der Waals surface area contributed by atoms with E-state index in [0.717, 1.165) is 17.9 Å². The lowest BCUT2D eigenvalue weighted by atomic mass is 9.83. The topological polar surface area (TPSA) is 68.9 Å². The van der Waals surface area contributed by atoms with Crippen molar-refractivity contribution in [1.82, 2.24) is 0 Å². The molecule has 3 N–H and O–H groups in total. The Morgan fingerprint density at radius 3 is 2.70 bits per heavy atom. The van der Waals surface area contributed by atoms with E-state index in [4.69, 9.17) is 15.2 Å². The quantitative estimate of drug-likeness (QED) is 0.660. The van der Waals surface area contributed by atoms with Crippen LogP contribution in [-0.4, -0.2) is 31.3 Å². The van der Waals surface area contributed by atoms with Crippen LogP contribution in [-0.2, 0) is 4.74 Å². The number of aliphatic imine (C=N–C) groups is 1. The molecule has 1 heterocycles. The first-order valence-electron chi connectivity index (χ1n) is 8.58. The van der Waals surface area contributed by atoms with E-state index in [-0.39, 0.29) is 11.7 Å². The van der Waals surface area contributed by atoms with E-state index in [1.165, 1.54) is 38.5 Å². The summed E-state index contributed by atoms with van der Waals surface area (Å²) in [7, 11) is 1.65. The van der Waals surface area contributed by atoms with Crippen molar-refractivity contribution in [2.24, 2.45) is 10.7 Å². The van der Waals surface area contributed by atoms with Crippen molar-refractivity contribution >= 4 is 11.6 Å². The van der Waals surface area contributed by atoms with Gasteiger partial charge in [-0.25, -0.2) is 0 Å². The minimum Gasteiger partial charge on any atom is -0.497 e. The third-order valence-corrected chi connectivity index (χ3v) is 4.93. The van der Waals surface area contributed by atoms with Crippen LogP contribution in [0, 0.1) is 0 Å². The Kier molecular flexibility index (Phi) is 5.06. The number of nitrogens with zero attached hydrogens (tertiary/aromatic N) is 1. The van der Waals surface area contributed by atoms with Crippen LogP contribution in [0.3, 0.4) is 0 Å². The molecule has 0 amide bonds. The molecule has 3 rings (SSSR count). The number of anilines is 1. The Morgan fingerprint density at radius 1 is 1.26 bits per heavy atom. The zero-order chi connectivity index (χ0) is 16.1. The van der Waals surface area contributed by atoms with Crippen LogP contribution in [0.15, 0.2) is 29.3 Å². The van der Waals surface area contributed by atoms with Gasteiger partial charge in [-0.2, -0.15) is 0 Å². The maximum Gasteiger partial charge on any atom is 0.193 e. The number of rotatable bonds is 4. The number of methoxy groups -OCH3 is 1. The molecular weight excluding hydrogens is 290 g/mol. The summed E-state index contributed by atoms with van der Waals surface area (Å²) in [4.78, 5) is 4.45. The first-order chi connectivity index (χ1) is 11.2. The second-order valence-corrected chi connectivity index (χ2v) is 6.60. The highest BCUT2D eigenvalue weighted by molar-refractivity contribution is 5.92. The molecule has 1 atom stereocenters. The van der Waals surface area contributed by atoms with Crippen LogP contribution >= 0.6 is 0 Å². The number of nitrogens with two attached hydrogens (primary N) is 1. The monoisotopic (exact) mass is 317 g/mol. The Hall–Kier alpha value is -1.75. The van der Waals surface area contributed by atoms with E-state index in [1.807, 2.05) is 24.3 Å². The van der Waals surface area contributed by atoms with E-state index in [2.05, 4.69) is 10.3 Å². The van der Waals surface area contributed by atoms with Crippen molar-refractivity contribution in [3.05, 3.63) is 24.3 Å². The molecule has 0 aromatic heterocycles. The van der Waals surface area contributed by atoms with E-state index < -0.39 is 0 Å². The minimum atomic E-state index is 0.149. The number of benzene rings is 1. The van der Waals surface area contributed by atoms with Gasteiger partial charge in [0.05, 0.1) is 25.4 Å². The Bertz CT molecular complexity index is 536. The van der Waals surface area contributed by atoms with E-state index in [0.29, 0.717) is 12.5 Å². The van der Waals surface area contributed by atoms with Crippen LogP contribution in [0.1, 0.15) is 44.9 Å². The lowest BCUT2D eigenvalue weighted by Gasteiger charge is -2.33. The molecule has 0 radical (unpaired) electrons. The van der Waals surface area contributed by atoms with Gasteiger partial charge >= 0.3 is 0 Å². The van der Waals surface area contributed by atoms with E-state index >= 15 is 0 Å². The molecule has 2 aliphatic rings. The van der Waals surface area contributed by atoms with Crippen LogP contribution < -0.4 is 15.8 Å². The second-order valence-electron chi connectivity index (χ2n) is 6.60. The van der Waals surface area contributed by atoms with Crippen molar-refractivity contribution in [2.75, 3.05) is 19.0 Å². The van der Waals surface area contributed by atoms with Crippen LogP contribution in [0.25, 0.3) is 0 Å². The van der Waals surface area contributed by atoms with Gasteiger partial charge in [0.1, 0.15) is 5.75 Å². The Balaban J connectivity index is 1.49. The molecule has 0 bridgehead atoms. The molecule has 5 nitrogen and oxygen atoms in total. The smallest absolute Gasteiger partial charge is 0.193 e. The first kappa shape index (κ1) is 16.1. The third-order valence-electron chi connectivity index (χ3n) is 4.93. The Morgan fingerprint density at radius 2 is 2.00 bits per heavy atom. The highest BCUT2D eigenvalue weighted by atomic mass is 16.5. The van der Waals surface area contributed by atoms with Crippen molar-refractivity contribution < 1.29 is 9.47 Å². The van der Waals surface area contributed by atoms with Gasteiger partial charge in [0.2, 0.25) is 0 Å². The molecule has 1 saturated heterocycles. The zero-order valence-corrected chi connectivity index (χ0v) is 13.9. The van der Waals surface area contributed by atoms with Gasteiger partial charge < -0.3 is 20.5 Å². The van der Waals surface area contributed by atoms with Crippen molar-refractivity contribution in [3.8, 4) is 5.75 Å². The van der Waals surface area contributed by atoms with Crippen molar-refractivity contribution in [1.29, 1.82) is 0 Å². The summed E-state index contributed by atoms with van der Waals surface area (Å²) in [6, 6.07) is 7.62. The fourth-order valence-electron chi connectivity index (χ4n) is 3.65. The van der Waals surface area contributed by atoms with Gasteiger partial charge in [0.15, 0.2) is 5.96 Å². The highest BCUT2D eigenvalue weighted by Crippen LogP contribution is 2.41. The van der Waals surface area contributed by atoms with Gasteiger partial charge in [-0.3, -0.25) is 4.99 Å². The summed E-state index contributed by atoms with van der Waals surface area (Å²) in [6.07, 6.45) is 8.88. The van der Waals surface area contributed by atoms with Crippen molar-refractivity contribution in [2.45, 2.75) is 56.7 Å². The van der Waals surface area contributed by atoms with Crippen LogP contribution in [0.2, 0.25) is 0 Å². The fraction of sp³-hybridized carbons (Fsp3) is 0.611. The number of guanidine groups is 1. The number of hydrogen-bond acceptors (Lipinski definition) is 3. The number of nitrogens with one attached hydrogen (secondary N) is 1. The summed E-state index contributed by atoms with van der Waals surface area (Å²) in [5, 5.41) is 3.10. The summed E-state index contributed by atoms with van der Waals surface area (Å²) >= 11 is 0. The van der Waals surface area contributed by atoms with Crippen LogP contribution in [0.5, 0.6) is 5.75 Å². The lowest BCUT2D eigenvalue weighted by molar-refractivity contribution is -0.0598. The lowest BCUT2D eigenvalue weighted by Crippen LogP contribution is -2.32. The first-order valence-corrected chi connectivity index (χ1v) is 8.58.